The highest BCUT2D eigenvalue weighted by Crippen LogP contribution is 2.12. The molecule has 0 aliphatic carbocycles. The van der Waals surface area contributed by atoms with Crippen LogP contribution >= 0.6 is 0 Å². The number of rotatable bonds is 7. The SMILES string of the molecule is CCCCN(C)S(=O)(=O)Nc1nccnc1C(=O)O. The molecule has 0 aromatic carbocycles. The van der Waals surface area contributed by atoms with Crippen LogP contribution in [0.4, 0.5) is 5.82 Å². The van der Waals surface area contributed by atoms with Gasteiger partial charge in [-0.15, -0.1) is 0 Å². The molecule has 0 saturated carbocycles. The molecule has 0 radical (unpaired) electrons. The average molecular weight is 288 g/mol. The van der Waals surface area contributed by atoms with Crippen molar-refractivity contribution in [3.8, 4) is 0 Å². The van der Waals surface area contributed by atoms with Crippen molar-refractivity contribution in [3.05, 3.63) is 18.1 Å². The molecular formula is C10H16N4O4S. The fourth-order valence-corrected chi connectivity index (χ4v) is 2.19. The van der Waals surface area contributed by atoms with Crippen LogP contribution in [0.3, 0.4) is 0 Å². The average Bonchev–Trinajstić information content (AvgIpc) is 2.35. The molecule has 8 nitrogen and oxygen atoms in total. The van der Waals surface area contributed by atoms with Gasteiger partial charge in [0, 0.05) is 26.0 Å². The van der Waals surface area contributed by atoms with Gasteiger partial charge in [-0.05, 0) is 6.42 Å². The Morgan fingerprint density at radius 3 is 2.63 bits per heavy atom. The summed E-state index contributed by atoms with van der Waals surface area (Å²) in [5.74, 6) is -1.64. The largest absolute Gasteiger partial charge is 0.476 e. The second-order valence-electron chi connectivity index (χ2n) is 3.84. The van der Waals surface area contributed by atoms with Crippen molar-refractivity contribution in [2.45, 2.75) is 19.8 Å². The van der Waals surface area contributed by atoms with Gasteiger partial charge in [0.15, 0.2) is 11.5 Å². The number of hydrogen-bond donors (Lipinski definition) is 2. The van der Waals surface area contributed by atoms with E-state index >= 15 is 0 Å². The van der Waals surface area contributed by atoms with Crippen molar-refractivity contribution >= 4 is 22.0 Å². The molecule has 0 spiro atoms. The van der Waals surface area contributed by atoms with E-state index in [0.29, 0.717) is 13.0 Å². The molecule has 0 atom stereocenters. The minimum atomic E-state index is -3.82. The molecule has 1 heterocycles. The van der Waals surface area contributed by atoms with E-state index in [0.717, 1.165) is 10.7 Å². The standard InChI is InChI=1S/C10H16N4O4S/c1-3-4-7-14(2)19(17,18)13-9-8(10(15)16)11-5-6-12-9/h5-6H,3-4,7H2,1-2H3,(H,12,13)(H,15,16). The molecule has 1 aromatic heterocycles. The van der Waals surface area contributed by atoms with Crippen molar-refractivity contribution in [3.63, 3.8) is 0 Å². The highest BCUT2D eigenvalue weighted by Gasteiger charge is 2.21. The van der Waals surface area contributed by atoms with Crippen LogP contribution in [0, 0.1) is 0 Å². The van der Waals surface area contributed by atoms with Gasteiger partial charge in [0.2, 0.25) is 0 Å². The summed E-state index contributed by atoms with van der Waals surface area (Å²) in [5, 5.41) is 8.89. The molecule has 106 valence electrons. The van der Waals surface area contributed by atoms with Crippen molar-refractivity contribution < 1.29 is 18.3 Å². The van der Waals surface area contributed by atoms with Crippen molar-refractivity contribution in [1.82, 2.24) is 14.3 Å². The van der Waals surface area contributed by atoms with E-state index in [-0.39, 0.29) is 5.82 Å². The second-order valence-corrected chi connectivity index (χ2v) is 5.62. The minimum absolute atomic E-state index is 0.293. The van der Waals surface area contributed by atoms with E-state index in [9.17, 15) is 13.2 Å². The van der Waals surface area contributed by atoms with Crippen LogP contribution in [-0.4, -0.2) is 47.4 Å². The summed E-state index contributed by atoms with van der Waals surface area (Å²) in [6, 6.07) is 0. The van der Waals surface area contributed by atoms with E-state index in [1.54, 1.807) is 0 Å². The molecule has 0 bridgehead atoms. The molecule has 9 heteroatoms. The number of carbonyl (C=O) groups is 1. The van der Waals surface area contributed by atoms with Gasteiger partial charge >= 0.3 is 16.2 Å². The zero-order chi connectivity index (χ0) is 14.5. The number of unbranched alkanes of at least 4 members (excludes halogenated alkanes) is 1. The van der Waals surface area contributed by atoms with Gasteiger partial charge in [-0.25, -0.2) is 14.8 Å². The van der Waals surface area contributed by atoms with Crippen LogP contribution in [0.2, 0.25) is 0 Å². The number of anilines is 1. The first-order chi connectivity index (χ1) is 8.88. The maximum atomic E-state index is 11.9. The molecule has 1 rings (SSSR count). The fraction of sp³-hybridized carbons (Fsp3) is 0.500. The highest BCUT2D eigenvalue weighted by atomic mass is 32.2. The number of aromatic carboxylic acids is 1. The van der Waals surface area contributed by atoms with Crippen molar-refractivity contribution in [2.75, 3.05) is 18.3 Å². The zero-order valence-electron chi connectivity index (χ0n) is 10.7. The summed E-state index contributed by atoms with van der Waals surface area (Å²) in [6.07, 6.45) is 3.97. The number of hydrogen-bond acceptors (Lipinski definition) is 5. The number of nitrogens with zero attached hydrogens (tertiary/aromatic N) is 3. The number of carboxylic acid groups (broad SMARTS) is 1. The van der Waals surface area contributed by atoms with Crippen LogP contribution in [0.15, 0.2) is 12.4 Å². The molecule has 1 aromatic rings. The summed E-state index contributed by atoms with van der Waals surface area (Å²) in [4.78, 5) is 18.2. The van der Waals surface area contributed by atoms with E-state index < -0.39 is 21.9 Å². The van der Waals surface area contributed by atoms with E-state index in [2.05, 4.69) is 14.7 Å². The normalized spacial score (nSPS) is 11.5. The Morgan fingerprint density at radius 1 is 1.42 bits per heavy atom. The third-order valence-electron chi connectivity index (χ3n) is 2.36. The first kappa shape index (κ1) is 15.3. The maximum Gasteiger partial charge on any atom is 0.358 e. The molecule has 19 heavy (non-hydrogen) atoms. The van der Waals surface area contributed by atoms with E-state index in [4.69, 9.17) is 5.11 Å². The van der Waals surface area contributed by atoms with Gasteiger partial charge in [-0.1, -0.05) is 13.3 Å². The third kappa shape index (κ3) is 4.14. The summed E-state index contributed by atoms with van der Waals surface area (Å²) in [6.45, 7) is 2.29. The molecule has 0 aliphatic rings. The quantitative estimate of drug-likeness (QED) is 0.758. The Morgan fingerprint density at radius 2 is 2.05 bits per heavy atom. The predicted molar refractivity (Wildman–Crippen MR) is 69.1 cm³/mol. The van der Waals surface area contributed by atoms with Crippen molar-refractivity contribution in [1.29, 1.82) is 0 Å². The Hall–Kier alpha value is -1.74. The monoisotopic (exact) mass is 288 g/mol. The maximum absolute atomic E-state index is 11.9. The third-order valence-corrected chi connectivity index (χ3v) is 3.82. The van der Waals surface area contributed by atoms with Crippen LogP contribution in [0.5, 0.6) is 0 Å². The predicted octanol–water partition coefficient (Wildman–Crippen LogP) is 0.563. The molecule has 0 aliphatic heterocycles. The Bertz CT molecular complexity index is 546. The lowest BCUT2D eigenvalue weighted by Crippen LogP contribution is -2.34. The lowest BCUT2D eigenvalue weighted by atomic mass is 10.3. The Labute approximate surface area is 111 Å². The number of nitrogens with one attached hydrogen (secondary N) is 1. The molecule has 0 amide bonds. The summed E-state index contributed by atoms with van der Waals surface area (Å²) in [5.41, 5.74) is -0.435. The number of aromatic nitrogens is 2. The first-order valence-corrected chi connectivity index (χ1v) is 7.11. The number of carboxylic acids is 1. The second kappa shape index (κ2) is 6.43. The van der Waals surface area contributed by atoms with E-state index in [1.165, 1.54) is 19.4 Å². The summed E-state index contributed by atoms with van der Waals surface area (Å²) >= 11 is 0. The fourth-order valence-electron chi connectivity index (χ4n) is 1.27. The molecule has 0 saturated heterocycles. The van der Waals surface area contributed by atoms with Crippen LogP contribution in [0.1, 0.15) is 30.3 Å². The van der Waals surface area contributed by atoms with E-state index in [1.807, 2.05) is 6.92 Å². The highest BCUT2D eigenvalue weighted by molar-refractivity contribution is 7.90. The van der Waals surface area contributed by atoms with Gasteiger partial charge in [-0.3, -0.25) is 4.72 Å². The van der Waals surface area contributed by atoms with Crippen LogP contribution < -0.4 is 4.72 Å². The van der Waals surface area contributed by atoms with Crippen LogP contribution in [-0.2, 0) is 10.2 Å². The Kier molecular flexibility index (Phi) is 5.19. The zero-order valence-corrected chi connectivity index (χ0v) is 11.5. The van der Waals surface area contributed by atoms with Gasteiger partial charge < -0.3 is 5.11 Å². The first-order valence-electron chi connectivity index (χ1n) is 5.67. The van der Waals surface area contributed by atoms with Crippen molar-refractivity contribution in [2.24, 2.45) is 0 Å². The Balaban J connectivity index is 2.92. The molecular weight excluding hydrogens is 272 g/mol. The minimum Gasteiger partial charge on any atom is -0.476 e. The lowest BCUT2D eigenvalue weighted by Gasteiger charge is -2.17. The smallest absolute Gasteiger partial charge is 0.358 e. The van der Waals surface area contributed by atoms with Gasteiger partial charge in [0.05, 0.1) is 0 Å². The molecule has 2 N–H and O–H groups in total. The lowest BCUT2D eigenvalue weighted by molar-refractivity contribution is 0.0691. The summed E-state index contributed by atoms with van der Waals surface area (Å²) < 4.78 is 27.1. The van der Waals surface area contributed by atoms with Gasteiger partial charge in [0.25, 0.3) is 0 Å². The summed E-state index contributed by atoms with van der Waals surface area (Å²) in [7, 11) is -2.41. The topological polar surface area (TPSA) is 112 Å². The van der Waals surface area contributed by atoms with Gasteiger partial charge in [-0.2, -0.15) is 12.7 Å². The van der Waals surface area contributed by atoms with Crippen LogP contribution in [0.25, 0.3) is 0 Å². The van der Waals surface area contributed by atoms with Gasteiger partial charge in [0.1, 0.15) is 0 Å². The molecule has 0 unspecified atom stereocenters. The molecule has 0 fully saturated rings.